The summed E-state index contributed by atoms with van der Waals surface area (Å²) >= 11 is 0. The number of aromatic carboxylic acids is 1. The monoisotopic (exact) mass is 272 g/mol. The Morgan fingerprint density at radius 2 is 2.30 bits per heavy atom. The molecule has 5 nitrogen and oxygen atoms in total. The fraction of sp³-hybridized carbons (Fsp3) is 0.467. The molecule has 2 aromatic rings. The van der Waals surface area contributed by atoms with Crippen molar-refractivity contribution in [3.05, 3.63) is 29.6 Å². The van der Waals surface area contributed by atoms with Crippen LogP contribution in [0.2, 0.25) is 0 Å². The largest absolute Gasteiger partial charge is 0.478 e. The Morgan fingerprint density at radius 3 is 2.95 bits per heavy atom. The number of carboxylic acid groups (broad SMARTS) is 1. The Labute approximate surface area is 116 Å². The second-order valence-electron chi connectivity index (χ2n) is 5.71. The van der Waals surface area contributed by atoms with E-state index in [0.29, 0.717) is 12.1 Å². The van der Waals surface area contributed by atoms with Gasteiger partial charge in [0.05, 0.1) is 34.8 Å². The second kappa shape index (κ2) is 4.06. The van der Waals surface area contributed by atoms with Gasteiger partial charge in [-0.25, -0.2) is 9.78 Å². The van der Waals surface area contributed by atoms with Crippen LogP contribution in [0.5, 0.6) is 0 Å². The van der Waals surface area contributed by atoms with Gasteiger partial charge in [0.15, 0.2) is 0 Å². The first kappa shape index (κ1) is 11.9. The van der Waals surface area contributed by atoms with E-state index in [2.05, 4.69) is 9.55 Å². The average molecular weight is 272 g/mol. The fourth-order valence-electron chi connectivity index (χ4n) is 3.65. The number of carboxylic acids is 1. The molecule has 2 saturated heterocycles. The van der Waals surface area contributed by atoms with Crippen molar-refractivity contribution in [1.29, 1.82) is 0 Å². The van der Waals surface area contributed by atoms with Crippen LogP contribution < -0.4 is 0 Å². The normalized spacial score (nSPS) is 28.4. The van der Waals surface area contributed by atoms with Crippen molar-refractivity contribution < 1.29 is 14.6 Å². The summed E-state index contributed by atoms with van der Waals surface area (Å²) in [6, 6.07) is 5.51. The van der Waals surface area contributed by atoms with E-state index in [1.165, 1.54) is 0 Å². The van der Waals surface area contributed by atoms with Crippen LogP contribution in [0.25, 0.3) is 11.0 Å². The smallest absolute Gasteiger partial charge is 0.335 e. The van der Waals surface area contributed by atoms with Crippen LogP contribution in [-0.2, 0) is 4.74 Å². The van der Waals surface area contributed by atoms with E-state index in [1.807, 2.05) is 13.0 Å². The van der Waals surface area contributed by atoms with Gasteiger partial charge in [-0.2, -0.15) is 0 Å². The molecule has 0 spiro atoms. The predicted molar refractivity (Wildman–Crippen MR) is 73.0 cm³/mol. The molecule has 20 heavy (non-hydrogen) atoms. The Hall–Kier alpha value is -1.88. The van der Waals surface area contributed by atoms with Gasteiger partial charge in [0.1, 0.15) is 5.82 Å². The molecule has 3 heterocycles. The number of hydrogen-bond acceptors (Lipinski definition) is 3. The molecule has 5 heteroatoms. The van der Waals surface area contributed by atoms with Crippen LogP contribution in [0.3, 0.4) is 0 Å². The fourth-order valence-corrected chi connectivity index (χ4v) is 3.65. The average Bonchev–Trinajstić information content (AvgIpc) is 3.09. The van der Waals surface area contributed by atoms with Crippen LogP contribution >= 0.6 is 0 Å². The van der Waals surface area contributed by atoms with E-state index >= 15 is 0 Å². The summed E-state index contributed by atoms with van der Waals surface area (Å²) in [5.41, 5.74) is 2.05. The molecule has 2 aliphatic heterocycles. The third-order valence-corrected chi connectivity index (χ3v) is 4.52. The summed E-state index contributed by atoms with van der Waals surface area (Å²) in [6.07, 6.45) is 3.99. The second-order valence-corrected chi connectivity index (χ2v) is 5.71. The van der Waals surface area contributed by atoms with Crippen molar-refractivity contribution in [1.82, 2.24) is 9.55 Å². The highest BCUT2D eigenvalue weighted by atomic mass is 16.5. The van der Waals surface area contributed by atoms with Gasteiger partial charge in [0, 0.05) is 0 Å². The zero-order valence-corrected chi connectivity index (χ0v) is 11.2. The summed E-state index contributed by atoms with van der Waals surface area (Å²) in [7, 11) is 0. The van der Waals surface area contributed by atoms with Crippen LogP contribution in [0.15, 0.2) is 18.2 Å². The predicted octanol–water partition coefficient (Wildman–Crippen LogP) is 2.54. The SMILES string of the molecule is Cc1nc2cc(C(=O)O)ccc2n1C1CC2CCC1O2. The molecular weight excluding hydrogens is 256 g/mol. The van der Waals surface area contributed by atoms with Gasteiger partial charge in [-0.3, -0.25) is 0 Å². The molecule has 2 bridgehead atoms. The topological polar surface area (TPSA) is 64.3 Å². The van der Waals surface area contributed by atoms with E-state index in [-0.39, 0.29) is 11.7 Å². The van der Waals surface area contributed by atoms with Gasteiger partial charge in [-0.1, -0.05) is 0 Å². The maximum Gasteiger partial charge on any atom is 0.335 e. The first-order chi connectivity index (χ1) is 9.63. The third kappa shape index (κ3) is 1.59. The number of nitrogens with zero attached hydrogens (tertiary/aromatic N) is 2. The zero-order valence-electron chi connectivity index (χ0n) is 11.2. The maximum atomic E-state index is 11.0. The number of imidazole rings is 1. The van der Waals surface area contributed by atoms with Gasteiger partial charge in [-0.05, 0) is 44.4 Å². The lowest BCUT2D eigenvalue weighted by molar-refractivity contribution is 0.0697. The number of hydrogen-bond donors (Lipinski definition) is 1. The van der Waals surface area contributed by atoms with E-state index in [9.17, 15) is 4.79 Å². The Bertz CT molecular complexity index is 706. The summed E-state index contributed by atoms with van der Waals surface area (Å²) < 4.78 is 8.16. The molecular formula is C15H16N2O3. The summed E-state index contributed by atoms with van der Waals surface area (Å²) in [5.74, 6) is 0.0195. The van der Waals surface area contributed by atoms with Gasteiger partial charge < -0.3 is 14.4 Å². The summed E-state index contributed by atoms with van der Waals surface area (Å²) in [5, 5.41) is 9.06. The molecule has 0 aliphatic carbocycles. The van der Waals surface area contributed by atoms with Crippen LogP contribution in [0, 0.1) is 6.92 Å². The van der Waals surface area contributed by atoms with Gasteiger partial charge in [0.25, 0.3) is 0 Å². The minimum atomic E-state index is -0.914. The molecule has 3 unspecified atom stereocenters. The maximum absolute atomic E-state index is 11.0. The first-order valence-electron chi connectivity index (χ1n) is 7.01. The molecule has 0 amide bonds. The number of benzene rings is 1. The summed E-state index contributed by atoms with van der Waals surface area (Å²) in [4.78, 5) is 15.6. The number of rotatable bonds is 2. The molecule has 104 valence electrons. The zero-order chi connectivity index (χ0) is 13.9. The van der Waals surface area contributed by atoms with Crippen LogP contribution in [0.1, 0.15) is 41.5 Å². The Morgan fingerprint density at radius 1 is 1.45 bits per heavy atom. The molecule has 1 N–H and O–H groups in total. The molecule has 3 atom stereocenters. The lowest BCUT2D eigenvalue weighted by atomic mass is 9.95. The highest BCUT2D eigenvalue weighted by molar-refractivity contribution is 5.92. The van der Waals surface area contributed by atoms with Crippen molar-refractivity contribution in [3.63, 3.8) is 0 Å². The van der Waals surface area contributed by atoms with Crippen molar-refractivity contribution in [3.8, 4) is 0 Å². The van der Waals surface area contributed by atoms with E-state index in [0.717, 1.165) is 36.1 Å². The number of carbonyl (C=O) groups is 1. The van der Waals surface area contributed by atoms with E-state index in [1.54, 1.807) is 12.1 Å². The highest BCUT2D eigenvalue weighted by Crippen LogP contribution is 2.43. The third-order valence-electron chi connectivity index (χ3n) is 4.52. The number of aromatic nitrogens is 2. The van der Waals surface area contributed by atoms with Crippen LogP contribution in [-0.4, -0.2) is 32.8 Å². The lowest BCUT2D eigenvalue weighted by Gasteiger charge is -2.22. The molecule has 4 rings (SSSR count). The Kier molecular flexibility index (Phi) is 2.41. The first-order valence-corrected chi connectivity index (χ1v) is 7.01. The van der Waals surface area contributed by atoms with E-state index in [4.69, 9.17) is 9.84 Å². The molecule has 1 aromatic carbocycles. The standard InChI is InChI=1S/C15H16N2O3/c1-8-16-11-6-9(15(18)19)2-4-12(11)17(8)13-7-10-3-5-14(13)20-10/h2,4,6,10,13-14H,3,5,7H2,1H3,(H,18,19). The summed E-state index contributed by atoms with van der Waals surface area (Å²) in [6.45, 7) is 1.98. The van der Waals surface area contributed by atoms with Crippen LogP contribution in [0.4, 0.5) is 0 Å². The molecule has 2 fully saturated rings. The molecule has 0 radical (unpaired) electrons. The lowest BCUT2D eigenvalue weighted by Crippen LogP contribution is -2.21. The van der Waals surface area contributed by atoms with Gasteiger partial charge in [0.2, 0.25) is 0 Å². The van der Waals surface area contributed by atoms with Crippen molar-refractivity contribution in [2.75, 3.05) is 0 Å². The molecule has 2 aliphatic rings. The van der Waals surface area contributed by atoms with Gasteiger partial charge in [-0.15, -0.1) is 0 Å². The minimum Gasteiger partial charge on any atom is -0.478 e. The van der Waals surface area contributed by atoms with Crippen molar-refractivity contribution in [2.45, 2.75) is 44.4 Å². The van der Waals surface area contributed by atoms with Gasteiger partial charge >= 0.3 is 5.97 Å². The number of ether oxygens (including phenoxy) is 1. The number of fused-ring (bicyclic) bond motifs is 3. The van der Waals surface area contributed by atoms with Crippen molar-refractivity contribution >= 4 is 17.0 Å². The quantitative estimate of drug-likeness (QED) is 0.912. The highest BCUT2D eigenvalue weighted by Gasteiger charge is 2.42. The van der Waals surface area contributed by atoms with Crippen molar-refractivity contribution in [2.24, 2.45) is 0 Å². The minimum absolute atomic E-state index is 0.284. The molecule has 0 saturated carbocycles. The Balaban J connectivity index is 1.83. The number of aryl methyl sites for hydroxylation is 1. The van der Waals surface area contributed by atoms with E-state index < -0.39 is 5.97 Å². The molecule has 1 aromatic heterocycles.